The summed E-state index contributed by atoms with van der Waals surface area (Å²) in [5.41, 5.74) is 7.40. The predicted octanol–water partition coefficient (Wildman–Crippen LogP) is 1.85. The number of rotatable bonds is 4. The van der Waals surface area contributed by atoms with Crippen LogP contribution in [-0.4, -0.2) is 14.5 Å². The molecule has 0 spiro atoms. The van der Waals surface area contributed by atoms with Gasteiger partial charge in [0.1, 0.15) is 0 Å². The molecule has 98 valence electrons. The Balaban J connectivity index is 2.03. The molecule has 0 unspecified atom stereocenters. The zero-order valence-electron chi connectivity index (χ0n) is 10.5. The van der Waals surface area contributed by atoms with Crippen molar-refractivity contribution in [2.45, 2.75) is 25.8 Å². The maximum atomic E-state index is 12.1. The van der Waals surface area contributed by atoms with Crippen LogP contribution in [-0.2, 0) is 6.54 Å². The third-order valence-corrected chi connectivity index (χ3v) is 3.90. The number of para-hydroxylation sites is 2. The first-order valence-corrected chi connectivity index (χ1v) is 6.73. The molecule has 0 saturated heterocycles. The van der Waals surface area contributed by atoms with Gasteiger partial charge in [-0.25, -0.2) is 4.98 Å². The summed E-state index contributed by atoms with van der Waals surface area (Å²) in [6.07, 6.45) is 4.26. The van der Waals surface area contributed by atoms with Gasteiger partial charge in [-0.05, 0) is 30.4 Å². The summed E-state index contributed by atoms with van der Waals surface area (Å²) in [5, 5.41) is 0. The van der Waals surface area contributed by atoms with Gasteiger partial charge in [0, 0.05) is 13.0 Å². The van der Waals surface area contributed by atoms with Crippen molar-refractivity contribution in [3.63, 3.8) is 0 Å². The van der Waals surface area contributed by atoms with E-state index in [0.717, 1.165) is 23.9 Å². The van der Waals surface area contributed by atoms with Crippen molar-refractivity contribution in [1.82, 2.24) is 9.55 Å². The predicted molar refractivity (Wildman–Crippen MR) is 79.1 cm³/mol. The molecule has 0 aliphatic heterocycles. The molecule has 1 heterocycles. The van der Waals surface area contributed by atoms with E-state index in [2.05, 4.69) is 4.98 Å². The lowest BCUT2D eigenvalue weighted by molar-refractivity contribution is 0.438. The van der Waals surface area contributed by atoms with E-state index < -0.39 is 0 Å². The SMILES string of the molecule is NC(=S)CC1(Cn2c(=O)cnc3ccccc32)CC1. The van der Waals surface area contributed by atoms with Gasteiger partial charge in [-0.15, -0.1) is 0 Å². The minimum absolute atomic E-state index is 0.0621. The lowest BCUT2D eigenvalue weighted by atomic mass is 10.0. The Morgan fingerprint density at radius 2 is 2.16 bits per heavy atom. The average Bonchev–Trinajstić information content (AvgIpc) is 3.12. The van der Waals surface area contributed by atoms with Gasteiger partial charge in [0.15, 0.2) is 0 Å². The van der Waals surface area contributed by atoms with Crippen molar-refractivity contribution in [2.24, 2.45) is 11.1 Å². The topological polar surface area (TPSA) is 60.9 Å². The van der Waals surface area contributed by atoms with E-state index in [0.29, 0.717) is 18.0 Å². The highest BCUT2D eigenvalue weighted by molar-refractivity contribution is 7.80. The quantitative estimate of drug-likeness (QED) is 0.864. The highest BCUT2D eigenvalue weighted by Crippen LogP contribution is 2.50. The summed E-state index contributed by atoms with van der Waals surface area (Å²) < 4.78 is 1.80. The molecule has 0 atom stereocenters. The molecule has 1 saturated carbocycles. The molecule has 1 aromatic carbocycles. The molecule has 1 aliphatic rings. The molecule has 2 N–H and O–H groups in total. The second-order valence-electron chi connectivity index (χ2n) is 5.31. The second kappa shape index (κ2) is 4.42. The normalized spacial score (nSPS) is 16.4. The van der Waals surface area contributed by atoms with Gasteiger partial charge < -0.3 is 10.3 Å². The van der Waals surface area contributed by atoms with E-state index in [-0.39, 0.29) is 11.0 Å². The molecule has 2 aromatic rings. The lowest BCUT2D eigenvalue weighted by Crippen LogP contribution is -2.27. The molecule has 1 aliphatic carbocycles. The zero-order valence-corrected chi connectivity index (χ0v) is 11.3. The molecular formula is C14H15N3OS. The number of nitrogens with two attached hydrogens (primary N) is 1. The van der Waals surface area contributed by atoms with E-state index in [1.54, 1.807) is 4.57 Å². The Bertz CT molecular complexity index is 703. The number of hydrogen-bond donors (Lipinski definition) is 1. The Labute approximate surface area is 116 Å². The summed E-state index contributed by atoms with van der Waals surface area (Å²) in [6, 6.07) is 7.69. The molecule has 1 aromatic heterocycles. The monoisotopic (exact) mass is 273 g/mol. The van der Waals surface area contributed by atoms with Crippen LogP contribution in [0.3, 0.4) is 0 Å². The third-order valence-electron chi connectivity index (χ3n) is 3.75. The maximum absolute atomic E-state index is 12.1. The first-order valence-electron chi connectivity index (χ1n) is 6.33. The van der Waals surface area contributed by atoms with Crippen LogP contribution < -0.4 is 11.3 Å². The van der Waals surface area contributed by atoms with E-state index >= 15 is 0 Å². The van der Waals surface area contributed by atoms with Crippen LogP contribution in [0.2, 0.25) is 0 Å². The molecule has 0 bridgehead atoms. The van der Waals surface area contributed by atoms with Crippen molar-refractivity contribution in [1.29, 1.82) is 0 Å². The Morgan fingerprint density at radius 3 is 2.84 bits per heavy atom. The van der Waals surface area contributed by atoms with Gasteiger partial charge in [0.05, 0.1) is 22.2 Å². The van der Waals surface area contributed by atoms with Crippen molar-refractivity contribution >= 4 is 28.2 Å². The van der Waals surface area contributed by atoms with Crippen molar-refractivity contribution in [3.05, 3.63) is 40.8 Å². The van der Waals surface area contributed by atoms with Gasteiger partial charge in [-0.3, -0.25) is 4.79 Å². The maximum Gasteiger partial charge on any atom is 0.269 e. The van der Waals surface area contributed by atoms with Crippen molar-refractivity contribution < 1.29 is 0 Å². The Morgan fingerprint density at radius 1 is 1.42 bits per heavy atom. The van der Waals surface area contributed by atoms with Gasteiger partial charge >= 0.3 is 0 Å². The summed E-state index contributed by atoms with van der Waals surface area (Å²) in [6.45, 7) is 0.673. The van der Waals surface area contributed by atoms with Crippen molar-refractivity contribution in [3.8, 4) is 0 Å². The van der Waals surface area contributed by atoms with Gasteiger partial charge in [-0.2, -0.15) is 0 Å². The van der Waals surface area contributed by atoms with Gasteiger partial charge in [0.2, 0.25) is 0 Å². The number of fused-ring (bicyclic) bond motifs is 1. The fourth-order valence-corrected chi connectivity index (χ4v) is 2.86. The van der Waals surface area contributed by atoms with E-state index in [4.69, 9.17) is 18.0 Å². The number of nitrogens with zero attached hydrogens (tertiary/aromatic N) is 2. The minimum atomic E-state index is -0.0621. The number of benzene rings is 1. The summed E-state index contributed by atoms with van der Waals surface area (Å²) >= 11 is 5.01. The van der Waals surface area contributed by atoms with Gasteiger partial charge in [-0.1, -0.05) is 24.4 Å². The largest absolute Gasteiger partial charge is 0.393 e. The van der Waals surface area contributed by atoms with E-state index in [1.807, 2.05) is 24.3 Å². The molecular weight excluding hydrogens is 258 g/mol. The van der Waals surface area contributed by atoms with Crippen LogP contribution in [0.1, 0.15) is 19.3 Å². The van der Waals surface area contributed by atoms with Crippen LogP contribution >= 0.6 is 12.2 Å². The zero-order chi connectivity index (χ0) is 13.5. The fourth-order valence-electron chi connectivity index (χ4n) is 2.55. The van der Waals surface area contributed by atoms with Crippen LogP contribution in [0, 0.1) is 5.41 Å². The van der Waals surface area contributed by atoms with Gasteiger partial charge in [0.25, 0.3) is 5.56 Å². The van der Waals surface area contributed by atoms with Crippen molar-refractivity contribution in [2.75, 3.05) is 0 Å². The fraction of sp³-hybridized carbons (Fsp3) is 0.357. The standard InChI is InChI=1S/C14H15N3OS/c15-12(19)7-14(5-6-14)9-17-11-4-2-1-3-10(11)16-8-13(17)18/h1-4,8H,5-7,9H2,(H2,15,19). The second-order valence-corrected chi connectivity index (χ2v) is 5.84. The third kappa shape index (κ3) is 2.38. The summed E-state index contributed by atoms with van der Waals surface area (Å²) in [7, 11) is 0. The number of thiocarbonyl (C=S) groups is 1. The van der Waals surface area contributed by atoms with Crippen LogP contribution in [0.4, 0.5) is 0 Å². The average molecular weight is 273 g/mol. The lowest BCUT2D eigenvalue weighted by Gasteiger charge is -2.17. The van der Waals surface area contributed by atoms with E-state index in [1.165, 1.54) is 6.20 Å². The smallest absolute Gasteiger partial charge is 0.269 e. The first kappa shape index (κ1) is 12.3. The number of hydrogen-bond acceptors (Lipinski definition) is 3. The van der Waals surface area contributed by atoms with Crippen LogP contribution in [0.15, 0.2) is 35.3 Å². The molecule has 3 rings (SSSR count). The number of aromatic nitrogens is 2. The molecule has 19 heavy (non-hydrogen) atoms. The van der Waals surface area contributed by atoms with Crippen LogP contribution in [0.5, 0.6) is 0 Å². The Kier molecular flexibility index (Phi) is 2.86. The molecule has 5 heteroatoms. The summed E-state index contributed by atoms with van der Waals surface area (Å²) in [5.74, 6) is 0. The molecule has 0 amide bonds. The molecule has 1 fully saturated rings. The first-order chi connectivity index (χ1) is 9.10. The van der Waals surface area contributed by atoms with E-state index in [9.17, 15) is 4.79 Å². The molecule has 0 radical (unpaired) electrons. The Hall–Kier alpha value is -1.75. The summed E-state index contributed by atoms with van der Waals surface area (Å²) in [4.78, 5) is 16.8. The highest BCUT2D eigenvalue weighted by Gasteiger charge is 2.43. The minimum Gasteiger partial charge on any atom is -0.393 e. The van der Waals surface area contributed by atoms with Crippen LogP contribution in [0.25, 0.3) is 11.0 Å². The molecule has 4 nitrogen and oxygen atoms in total. The highest BCUT2D eigenvalue weighted by atomic mass is 32.1.